The van der Waals surface area contributed by atoms with Crippen LogP contribution in [0.3, 0.4) is 0 Å². The Kier molecular flexibility index (Phi) is 5.42. The second-order valence-corrected chi connectivity index (χ2v) is 7.72. The van der Waals surface area contributed by atoms with Crippen LogP contribution in [-0.2, 0) is 11.3 Å². The number of hydrogen-bond acceptors (Lipinski definition) is 3. The molecule has 106 valence electrons. The van der Waals surface area contributed by atoms with Gasteiger partial charge < -0.3 is 10.6 Å². The van der Waals surface area contributed by atoms with Gasteiger partial charge in [-0.05, 0) is 60.4 Å². The monoisotopic (exact) mass is 344 g/mol. The highest BCUT2D eigenvalue weighted by Crippen LogP contribution is 2.34. The summed E-state index contributed by atoms with van der Waals surface area (Å²) >= 11 is 5.13. The van der Waals surface area contributed by atoms with Gasteiger partial charge in [0.1, 0.15) is 0 Å². The van der Waals surface area contributed by atoms with E-state index in [0.717, 1.165) is 42.6 Å². The third-order valence-electron chi connectivity index (χ3n) is 3.82. The number of nitrogens with one attached hydrogen (secondary N) is 2. The molecule has 1 aromatic heterocycles. The largest absolute Gasteiger partial charge is 0.351 e. The first-order chi connectivity index (χ1) is 9.16. The van der Waals surface area contributed by atoms with Crippen molar-refractivity contribution in [2.45, 2.75) is 39.2 Å². The van der Waals surface area contributed by atoms with E-state index in [0.29, 0.717) is 6.54 Å². The van der Waals surface area contributed by atoms with Gasteiger partial charge in [-0.2, -0.15) is 0 Å². The highest BCUT2D eigenvalue weighted by molar-refractivity contribution is 9.11. The smallest absolute Gasteiger partial charge is 0.226 e. The van der Waals surface area contributed by atoms with Crippen molar-refractivity contribution < 1.29 is 4.79 Å². The van der Waals surface area contributed by atoms with Crippen molar-refractivity contribution in [1.82, 2.24) is 10.6 Å². The van der Waals surface area contributed by atoms with E-state index < -0.39 is 0 Å². The van der Waals surface area contributed by atoms with Crippen LogP contribution in [0.2, 0.25) is 0 Å². The van der Waals surface area contributed by atoms with Crippen molar-refractivity contribution >= 4 is 33.2 Å². The average molecular weight is 345 g/mol. The van der Waals surface area contributed by atoms with Crippen molar-refractivity contribution in [3.8, 4) is 0 Å². The summed E-state index contributed by atoms with van der Waals surface area (Å²) in [5.41, 5.74) is -0.144. The zero-order chi connectivity index (χ0) is 13.7. The number of piperidine rings is 1. The number of amides is 1. The predicted molar refractivity (Wildman–Crippen MR) is 83.3 cm³/mol. The zero-order valence-corrected chi connectivity index (χ0v) is 13.7. The normalized spacial score (nSPS) is 18.2. The van der Waals surface area contributed by atoms with Crippen molar-refractivity contribution in [2.75, 3.05) is 13.1 Å². The van der Waals surface area contributed by atoms with Crippen LogP contribution in [0.1, 0.15) is 37.5 Å². The second kappa shape index (κ2) is 6.86. The summed E-state index contributed by atoms with van der Waals surface area (Å²) in [5.74, 6) is 0.236. The molecule has 1 fully saturated rings. The molecule has 1 aromatic rings. The van der Waals surface area contributed by atoms with E-state index in [-0.39, 0.29) is 11.3 Å². The summed E-state index contributed by atoms with van der Waals surface area (Å²) in [5, 5.41) is 6.48. The fourth-order valence-electron chi connectivity index (χ4n) is 2.78. The fraction of sp³-hybridized carbons (Fsp3) is 0.643. The molecule has 2 N–H and O–H groups in total. The molecule has 1 amide bonds. The van der Waals surface area contributed by atoms with E-state index in [1.807, 2.05) is 6.07 Å². The van der Waals surface area contributed by atoms with Crippen LogP contribution in [0.5, 0.6) is 0 Å². The van der Waals surface area contributed by atoms with Gasteiger partial charge in [0.05, 0.1) is 15.7 Å². The minimum absolute atomic E-state index is 0.144. The van der Waals surface area contributed by atoms with Gasteiger partial charge in [-0.3, -0.25) is 4.79 Å². The Bertz CT molecular complexity index is 421. The molecule has 0 radical (unpaired) electrons. The molecule has 19 heavy (non-hydrogen) atoms. The summed E-state index contributed by atoms with van der Waals surface area (Å²) in [7, 11) is 0. The molecule has 3 nitrogen and oxygen atoms in total. The molecule has 0 aliphatic carbocycles. The summed E-state index contributed by atoms with van der Waals surface area (Å²) in [6.07, 6.45) is 3.98. The van der Waals surface area contributed by atoms with Crippen molar-refractivity contribution in [1.29, 1.82) is 0 Å². The lowest BCUT2D eigenvalue weighted by molar-refractivity contribution is -0.133. The van der Waals surface area contributed by atoms with Gasteiger partial charge >= 0.3 is 0 Å². The van der Waals surface area contributed by atoms with Gasteiger partial charge in [-0.15, -0.1) is 11.3 Å². The van der Waals surface area contributed by atoms with Gasteiger partial charge in [0.25, 0.3) is 0 Å². The Morgan fingerprint density at radius 3 is 2.79 bits per heavy atom. The predicted octanol–water partition coefficient (Wildman–Crippen LogP) is 3.30. The second-order valence-electron chi connectivity index (χ2n) is 5.17. The van der Waals surface area contributed by atoms with Gasteiger partial charge in [0.15, 0.2) is 0 Å². The van der Waals surface area contributed by atoms with Crippen LogP contribution in [0.4, 0.5) is 0 Å². The topological polar surface area (TPSA) is 41.1 Å². The van der Waals surface area contributed by atoms with Crippen molar-refractivity contribution in [3.05, 3.63) is 20.8 Å². The molecule has 1 aliphatic heterocycles. The number of rotatable bonds is 5. The first kappa shape index (κ1) is 15.0. The van der Waals surface area contributed by atoms with E-state index in [1.54, 1.807) is 11.3 Å². The average Bonchev–Trinajstić information content (AvgIpc) is 2.83. The molecule has 2 heterocycles. The van der Waals surface area contributed by atoms with Crippen LogP contribution >= 0.6 is 27.3 Å². The third kappa shape index (κ3) is 3.80. The highest BCUT2D eigenvalue weighted by atomic mass is 79.9. The Labute approximate surface area is 127 Å². The maximum absolute atomic E-state index is 12.5. The number of carbonyl (C=O) groups excluding carboxylic acids is 1. The third-order valence-corrected chi connectivity index (χ3v) is 5.45. The molecule has 2 rings (SSSR count). The summed E-state index contributed by atoms with van der Waals surface area (Å²) in [6.45, 7) is 4.72. The summed E-state index contributed by atoms with van der Waals surface area (Å²) < 4.78 is 1.11. The van der Waals surface area contributed by atoms with Crippen molar-refractivity contribution in [2.24, 2.45) is 5.41 Å². The SMILES string of the molecule is CCCC1(C(=O)NCc2ccc(Br)s2)CCNCC1. The lowest BCUT2D eigenvalue weighted by Crippen LogP contribution is -2.47. The van der Waals surface area contributed by atoms with Gasteiger partial charge in [-0.25, -0.2) is 0 Å². The first-order valence-corrected chi connectivity index (χ1v) is 8.50. The maximum Gasteiger partial charge on any atom is 0.226 e. The summed E-state index contributed by atoms with van der Waals surface area (Å²) in [6, 6.07) is 4.09. The molecular weight excluding hydrogens is 324 g/mol. The summed E-state index contributed by atoms with van der Waals surface area (Å²) in [4.78, 5) is 13.7. The molecule has 0 bridgehead atoms. The molecule has 5 heteroatoms. The van der Waals surface area contributed by atoms with E-state index in [1.165, 1.54) is 4.88 Å². The van der Waals surface area contributed by atoms with E-state index in [2.05, 4.69) is 39.6 Å². The number of hydrogen-bond donors (Lipinski definition) is 2. The molecular formula is C14H21BrN2OS. The molecule has 0 unspecified atom stereocenters. The van der Waals surface area contributed by atoms with E-state index in [4.69, 9.17) is 0 Å². The Balaban J connectivity index is 1.95. The minimum atomic E-state index is -0.144. The van der Waals surface area contributed by atoms with Crippen LogP contribution in [0.25, 0.3) is 0 Å². The molecule has 0 spiro atoms. The highest BCUT2D eigenvalue weighted by Gasteiger charge is 2.38. The number of thiophene rings is 1. The van der Waals surface area contributed by atoms with Gasteiger partial charge in [-0.1, -0.05) is 13.3 Å². The molecule has 1 aliphatic rings. The molecule has 0 aromatic carbocycles. The Hall–Kier alpha value is -0.390. The zero-order valence-electron chi connectivity index (χ0n) is 11.3. The molecule has 1 saturated heterocycles. The lowest BCUT2D eigenvalue weighted by atomic mass is 9.74. The van der Waals surface area contributed by atoms with Crippen LogP contribution in [0.15, 0.2) is 15.9 Å². The van der Waals surface area contributed by atoms with Crippen molar-refractivity contribution in [3.63, 3.8) is 0 Å². The number of carbonyl (C=O) groups is 1. The Morgan fingerprint density at radius 2 is 2.21 bits per heavy atom. The number of halogens is 1. The minimum Gasteiger partial charge on any atom is -0.351 e. The van der Waals surface area contributed by atoms with Gasteiger partial charge in [0.2, 0.25) is 5.91 Å². The van der Waals surface area contributed by atoms with Crippen LogP contribution in [0, 0.1) is 5.41 Å². The molecule has 0 saturated carbocycles. The molecule has 0 atom stereocenters. The maximum atomic E-state index is 12.5. The van der Waals surface area contributed by atoms with Crippen LogP contribution < -0.4 is 10.6 Å². The fourth-order valence-corrected chi connectivity index (χ4v) is 4.20. The van der Waals surface area contributed by atoms with E-state index in [9.17, 15) is 4.79 Å². The standard InChI is InChI=1S/C14H21BrN2OS/c1-2-5-14(6-8-16-9-7-14)13(18)17-10-11-3-4-12(15)19-11/h3-4,16H,2,5-10H2,1H3,(H,17,18). The van der Waals surface area contributed by atoms with Crippen LogP contribution in [-0.4, -0.2) is 19.0 Å². The van der Waals surface area contributed by atoms with Gasteiger partial charge in [0, 0.05) is 4.88 Å². The Morgan fingerprint density at radius 1 is 1.47 bits per heavy atom. The van der Waals surface area contributed by atoms with E-state index >= 15 is 0 Å². The quantitative estimate of drug-likeness (QED) is 0.860. The lowest BCUT2D eigenvalue weighted by Gasteiger charge is -2.36. The first-order valence-electron chi connectivity index (χ1n) is 6.89.